The van der Waals surface area contributed by atoms with Crippen molar-refractivity contribution in [2.45, 2.75) is 13.5 Å². The van der Waals surface area contributed by atoms with Gasteiger partial charge in [0.05, 0.1) is 10.6 Å². The molecule has 21 heavy (non-hydrogen) atoms. The lowest BCUT2D eigenvalue weighted by molar-refractivity contribution is -0.384. The highest BCUT2D eigenvalue weighted by Gasteiger charge is 2.17. The molecule has 0 saturated heterocycles. The number of fused-ring (bicyclic) bond motifs is 1. The van der Waals surface area contributed by atoms with E-state index >= 15 is 0 Å². The highest BCUT2D eigenvalue weighted by molar-refractivity contribution is 6.02. The quantitative estimate of drug-likeness (QED) is 0.481. The first-order valence-electron chi connectivity index (χ1n) is 6.60. The maximum Gasteiger partial charge on any atom is 0.270 e. The number of nitrogens with zero attached hydrogens (tertiary/aromatic N) is 3. The number of nitro benzene ring substituents is 1. The minimum Gasteiger partial charge on any atom is -0.383 e. The van der Waals surface area contributed by atoms with Crippen LogP contribution in [0.2, 0.25) is 0 Å². The molecule has 0 saturated carbocycles. The standard InChI is InChI=1S/C15H17N3O3/c1-4-17-14-6-5-11(18(20)21)9-12(14)13(10-19)15(17)7-8-16(2)3/h5-10H,4H2,1-3H3. The maximum atomic E-state index is 11.5. The van der Waals surface area contributed by atoms with E-state index < -0.39 is 4.92 Å². The van der Waals surface area contributed by atoms with Crippen molar-refractivity contribution < 1.29 is 9.72 Å². The van der Waals surface area contributed by atoms with Crippen molar-refractivity contribution in [1.82, 2.24) is 9.47 Å². The average Bonchev–Trinajstić information content (AvgIpc) is 2.76. The number of non-ortho nitro benzene ring substituents is 1. The second-order valence-corrected chi connectivity index (χ2v) is 4.90. The van der Waals surface area contributed by atoms with Gasteiger partial charge in [-0.25, -0.2) is 0 Å². The zero-order valence-electron chi connectivity index (χ0n) is 12.2. The summed E-state index contributed by atoms with van der Waals surface area (Å²) in [6.45, 7) is 2.65. The zero-order valence-corrected chi connectivity index (χ0v) is 12.2. The van der Waals surface area contributed by atoms with Crippen LogP contribution in [0, 0.1) is 10.1 Å². The lowest BCUT2D eigenvalue weighted by Crippen LogP contribution is -2.02. The molecule has 0 radical (unpaired) electrons. The molecule has 1 aromatic carbocycles. The molecular formula is C15H17N3O3. The summed E-state index contributed by atoms with van der Waals surface area (Å²) in [5.74, 6) is 0. The topological polar surface area (TPSA) is 68.4 Å². The summed E-state index contributed by atoms with van der Waals surface area (Å²) in [7, 11) is 3.78. The average molecular weight is 287 g/mol. The smallest absolute Gasteiger partial charge is 0.270 e. The molecule has 110 valence electrons. The molecule has 0 aliphatic carbocycles. The van der Waals surface area contributed by atoms with Gasteiger partial charge < -0.3 is 9.47 Å². The van der Waals surface area contributed by atoms with Crippen molar-refractivity contribution in [3.8, 4) is 0 Å². The van der Waals surface area contributed by atoms with Crippen molar-refractivity contribution >= 4 is 29.0 Å². The Labute approximate surface area is 122 Å². The Kier molecular flexibility index (Phi) is 4.07. The Balaban J connectivity index is 2.77. The van der Waals surface area contributed by atoms with Gasteiger partial charge >= 0.3 is 0 Å². The fraction of sp³-hybridized carbons (Fsp3) is 0.267. The predicted octanol–water partition coefficient (Wildman–Crippen LogP) is 2.91. The molecule has 0 bridgehead atoms. The third kappa shape index (κ3) is 2.65. The number of aldehydes is 1. The minimum absolute atomic E-state index is 0.0120. The number of nitro groups is 1. The fourth-order valence-corrected chi connectivity index (χ4v) is 2.37. The minimum atomic E-state index is -0.452. The van der Waals surface area contributed by atoms with Gasteiger partial charge in [0.2, 0.25) is 0 Å². The largest absolute Gasteiger partial charge is 0.383 e. The van der Waals surface area contributed by atoms with E-state index in [1.165, 1.54) is 12.1 Å². The number of aryl methyl sites for hydroxylation is 1. The van der Waals surface area contributed by atoms with E-state index in [1.807, 2.05) is 42.8 Å². The van der Waals surface area contributed by atoms with Gasteiger partial charge in [-0.3, -0.25) is 14.9 Å². The first kappa shape index (κ1) is 14.8. The van der Waals surface area contributed by atoms with Crippen LogP contribution in [0.5, 0.6) is 0 Å². The van der Waals surface area contributed by atoms with Crippen LogP contribution in [0.3, 0.4) is 0 Å². The second kappa shape index (κ2) is 5.78. The van der Waals surface area contributed by atoms with Crippen molar-refractivity contribution in [1.29, 1.82) is 0 Å². The number of carbonyl (C=O) groups is 1. The SMILES string of the molecule is CCn1c(C=CN(C)C)c(C=O)c2cc([N+](=O)[O-])ccc21. The van der Waals surface area contributed by atoms with Gasteiger partial charge in [-0.1, -0.05) is 0 Å². The predicted molar refractivity (Wildman–Crippen MR) is 82.4 cm³/mol. The Morgan fingerprint density at radius 3 is 2.62 bits per heavy atom. The fourth-order valence-electron chi connectivity index (χ4n) is 2.37. The number of hydrogen-bond donors (Lipinski definition) is 0. The summed E-state index contributed by atoms with van der Waals surface area (Å²) >= 11 is 0. The molecule has 6 nitrogen and oxygen atoms in total. The van der Waals surface area contributed by atoms with E-state index in [4.69, 9.17) is 0 Å². The van der Waals surface area contributed by atoms with Crippen LogP contribution in [0.25, 0.3) is 17.0 Å². The van der Waals surface area contributed by atoms with Crippen LogP contribution in [0.1, 0.15) is 23.0 Å². The normalized spacial score (nSPS) is 11.2. The summed E-state index contributed by atoms with van der Waals surface area (Å²) < 4.78 is 1.97. The van der Waals surface area contributed by atoms with Gasteiger partial charge in [0.25, 0.3) is 5.69 Å². The molecule has 0 aliphatic rings. The van der Waals surface area contributed by atoms with E-state index in [0.29, 0.717) is 17.5 Å². The second-order valence-electron chi connectivity index (χ2n) is 4.90. The van der Waals surface area contributed by atoms with Gasteiger partial charge in [0.15, 0.2) is 6.29 Å². The van der Waals surface area contributed by atoms with Crippen LogP contribution < -0.4 is 0 Å². The Hall–Kier alpha value is -2.63. The number of benzene rings is 1. The third-order valence-corrected chi connectivity index (χ3v) is 3.30. The van der Waals surface area contributed by atoms with Gasteiger partial charge in [0.1, 0.15) is 0 Å². The highest BCUT2D eigenvalue weighted by atomic mass is 16.6. The van der Waals surface area contributed by atoms with Gasteiger partial charge in [-0.15, -0.1) is 0 Å². The Bertz CT molecular complexity index is 729. The summed E-state index contributed by atoms with van der Waals surface area (Å²) in [4.78, 5) is 23.8. The zero-order chi connectivity index (χ0) is 15.6. The molecule has 6 heteroatoms. The molecule has 0 amide bonds. The Morgan fingerprint density at radius 1 is 1.38 bits per heavy atom. The number of hydrogen-bond acceptors (Lipinski definition) is 4. The van der Waals surface area contributed by atoms with Crippen LogP contribution in [0.4, 0.5) is 5.69 Å². The van der Waals surface area contributed by atoms with Crippen LogP contribution in [-0.2, 0) is 6.54 Å². The molecular weight excluding hydrogens is 270 g/mol. The molecule has 0 spiro atoms. The monoisotopic (exact) mass is 287 g/mol. The summed E-state index contributed by atoms with van der Waals surface area (Å²) in [6, 6.07) is 4.61. The molecule has 0 aliphatic heterocycles. The van der Waals surface area contributed by atoms with Crippen molar-refractivity contribution in [2.75, 3.05) is 14.1 Å². The number of aromatic nitrogens is 1. The van der Waals surface area contributed by atoms with Crippen LogP contribution >= 0.6 is 0 Å². The summed E-state index contributed by atoms with van der Waals surface area (Å²) in [5, 5.41) is 11.5. The van der Waals surface area contributed by atoms with Gasteiger partial charge in [0, 0.05) is 55.4 Å². The van der Waals surface area contributed by atoms with Crippen molar-refractivity contribution in [3.63, 3.8) is 0 Å². The maximum absolute atomic E-state index is 11.5. The molecule has 1 aromatic heterocycles. The van der Waals surface area contributed by atoms with Crippen molar-refractivity contribution in [2.24, 2.45) is 0 Å². The first-order valence-corrected chi connectivity index (χ1v) is 6.60. The van der Waals surface area contributed by atoms with Crippen molar-refractivity contribution in [3.05, 3.63) is 45.8 Å². The molecule has 0 unspecified atom stereocenters. The van der Waals surface area contributed by atoms with E-state index in [0.717, 1.165) is 17.5 Å². The van der Waals surface area contributed by atoms with E-state index in [9.17, 15) is 14.9 Å². The highest BCUT2D eigenvalue weighted by Crippen LogP contribution is 2.29. The van der Waals surface area contributed by atoms with E-state index in [1.54, 1.807) is 6.07 Å². The molecule has 2 rings (SSSR count). The van der Waals surface area contributed by atoms with E-state index in [2.05, 4.69) is 0 Å². The van der Waals surface area contributed by atoms with Crippen LogP contribution in [-0.4, -0.2) is 34.8 Å². The van der Waals surface area contributed by atoms with Gasteiger partial charge in [-0.05, 0) is 19.1 Å². The van der Waals surface area contributed by atoms with Crippen LogP contribution in [0.15, 0.2) is 24.4 Å². The number of rotatable bonds is 5. The molecule has 2 aromatic rings. The molecule has 0 N–H and O–H groups in total. The Morgan fingerprint density at radius 2 is 2.10 bits per heavy atom. The lowest BCUT2D eigenvalue weighted by atomic mass is 10.1. The van der Waals surface area contributed by atoms with Gasteiger partial charge in [-0.2, -0.15) is 0 Å². The summed E-state index contributed by atoms with van der Waals surface area (Å²) in [5.41, 5.74) is 2.05. The molecule has 0 fully saturated rings. The third-order valence-electron chi connectivity index (χ3n) is 3.30. The molecule has 1 heterocycles. The summed E-state index contributed by atoms with van der Waals surface area (Å²) in [6.07, 6.45) is 4.45. The molecule has 0 atom stereocenters. The number of carbonyl (C=O) groups excluding carboxylic acids is 1. The van der Waals surface area contributed by atoms with E-state index in [-0.39, 0.29) is 5.69 Å². The lowest BCUT2D eigenvalue weighted by Gasteiger charge is -2.07. The first-order chi connectivity index (χ1) is 9.99.